The van der Waals surface area contributed by atoms with Crippen LogP contribution in [0.15, 0.2) is 36.4 Å². The van der Waals surface area contributed by atoms with Gasteiger partial charge >= 0.3 is 6.18 Å². The zero-order valence-electron chi connectivity index (χ0n) is 10.5. The summed E-state index contributed by atoms with van der Waals surface area (Å²) >= 11 is 0. The van der Waals surface area contributed by atoms with Crippen molar-refractivity contribution in [2.24, 2.45) is 5.92 Å². The molecule has 2 atom stereocenters. The monoisotopic (exact) mass is 285 g/mol. The van der Waals surface area contributed by atoms with E-state index >= 15 is 0 Å². The summed E-state index contributed by atoms with van der Waals surface area (Å²) in [4.78, 5) is 11.9. The average molecular weight is 285 g/mol. The molecule has 0 unspecified atom stereocenters. The van der Waals surface area contributed by atoms with Gasteiger partial charge in [-0.25, -0.2) is 0 Å². The van der Waals surface area contributed by atoms with Crippen molar-refractivity contribution >= 4 is 5.91 Å². The molecule has 0 fully saturated rings. The Kier molecular flexibility index (Phi) is 4.13. The standard InChI is InChI=1S/C14H14F3NO2/c15-14(16,17)11-4-2-10(3-5-11)13(20)18-12-6-1-9(7-12)8-19/h1-6,9,12,19H,7-8H2,(H,18,20)/t9-,12+/m0/s1. The van der Waals surface area contributed by atoms with E-state index in [1.165, 1.54) is 0 Å². The first kappa shape index (κ1) is 14.6. The van der Waals surface area contributed by atoms with E-state index in [0.29, 0.717) is 6.42 Å². The molecule has 1 aromatic carbocycles. The summed E-state index contributed by atoms with van der Waals surface area (Å²) < 4.78 is 37.2. The Bertz CT molecular complexity index is 508. The predicted octanol–water partition coefficient (Wildman–Crippen LogP) is 2.37. The molecule has 0 bridgehead atoms. The van der Waals surface area contributed by atoms with Gasteiger partial charge in [-0.1, -0.05) is 12.2 Å². The summed E-state index contributed by atoms with van der Waals surface area (Å²) in [6.45, 7) is 0.0170. The largest absolute Gasteiger partial charge is 0.416 e. The van der Waals surface area contributed by atoms with Crippen LogP contribution in [0.3, 0.4) is 0 Å². The highest BCUT2D eigenvalue weighted by Crippen LogP contribution is 2.29. The van der Waals surface area contributed by atoms with Gasteiger partial charge in [0.2, 0.25) is 0 Å². The number of amides is 1. The zero-order chi connectivity index (χ0) is 14.8. The Balaban J connectivity index is 1.98. The third-order valence-corrected chi connectivity index (χ3v) is 3.20. The Labute approximate surface area is 114 Å². The number of carbonyl (C=O) groups excluding carboxylic acids is 1. The maximum absolute atomic E-state index is 12.4. The van der Waals surface area contributed by atoms with E-state index in [2.05, 4.69) is 5.32 Å². The van der Waals surface area contributed by atoms with Crippen LogP contribution in [-0.2, 0) is 6.18 Å². The fourth-order valence-electron chi connectivity index (χ4n) is 2.08. The molecule has 1 amide bonds. The number of hydrogen-bond acceptors (Lipinski definition) is 2. The van der Waals surface area contributed by atoms with E-state index < -0.39 is 17.6 Å². The molecule has 0 saturated heterocycles. The molecule has 1 aliphatic carbocycles. The van der Waals surface area contributed by atoms with Crippen molar-refractivity contribution in [1.82, 2.24) is 5.32 Å². The van der Waals surface area contributed by atoms with Crippen molar-refractivity contribution in [2.75, 3.05) is 6.61 Å². The van der Waals surface area contributed by atoms with Gasteiger partial charge in [-0.3, -0.25) is 4.79 Å². The molecular formula is C14H14F3NO2. The lowest BCUT2D eigenvalue weighted by molar-refractivity contribution is -0.137. The van der Waals surface area contributed by atoms with Crippen molar-refractivity contribution < 1.29 is 23.1 Å². The van der Waals surface area contributed by atoms with Crippen LogP contribution in [0.5, 0.6) is 0 Å². The highest BCUT2D eigenvalue weighted by atomic mass is 19.4. The predicted molar refractivity (Wildman–Crippen MR) is 67.0 cm³/mol. The van der Waals surface area contributed by atoms with Gasteiger partial charge in [0, 0.05) is 24.1 Å². The number of halogens is 3. The minimum Gasteiger partial charge on any atom is -0.396 e. The van der Waals surface area contributed by atoms with E-state index in [1.807, 2.05) is 6.08 Å². The molecular weight excluding hydrogens is 271 g/mol. The first-order chi connectivity index (χ1) is 9.40. The zero-order valence-corrected chi connectivity index (χ0v) is 10.5. The smallest absolute Gasteiger partial charge is 0.396 e. The number of benzene rings is 1. The summed E-state index contributed by atoms with van der Waals surface area (Å²) in [6, 6.07) is 3.88. The van der Waals surface area contributed by atoms with Crippen molar-refractivity contribution in [2.45, 2.75) is 18.6 Å². The van der Waals surface area contributed by atoms with Crippen LogP contribution in [0.2, 0.25) is 0 Å². The van der Waals surface area contributed by atoms with Crippen molar-refractivity contribution in [1.29, 1.82) is 0 Å². The van der Waals surface area contributed by atoms with Gasteiger partial charge < -0.3 is 10.4 Å². The Morgan fingerprint density at radius 2 is 1.90 bits per heavy atom. The lowest BCUT2D eigenvalue weighted by atomic mass is 10.1. The van der Waals surface area contributed by atoms with E-state index in [4.69, 9.17) is 5.11 Å². The van der Waals surface area contributed by atoms with Crippen LogP contribution < -0.4 is 5.32 Å². The third-order valence-electron chi connectivity index (χ3n) is 3.20. The Hall–Kier alpha value is -1.82. The number of nitrogens with one attached hydrogen (secondary N) is 1. The Morgan fingerprint density at radius 1 is 1.25 bits per heavy atom. The molecule has 2 rings (SSSR count). The molecule has 3 nitrogen and oxygen atoms in total. The summed E-state index contributed by atoms with van der Waals surface area (Å²) in [5, 5.41) is 11.7. The van der Waals surface area contributed by atoms with Crippen LogP contribution in [0, 0.1) is 5.92 Å². The van der Waals surface area contributed by atoms with Crippen LogP contribution in [-0.4, -0.2) is 23.7 Å². The topological polar surface area (TPSA) is 49.3 Å². The fourth-order valence-corrected chi connectivity index (χ4v) is 2.08. The van der Waals surface area contributed by atoms with Gasteiger partial charge in [-0.15, -0.1) is 0 Å². The lowest BCUT2D eigenvalue weighted by Gasteiger charge is -2.13. The van der Waals surface area contributed by atoms with Gasteiger partial charge in [0.1, 0.15) is 0 Å². The van der Waals surface area contributed by atoms with E-state index in [1.54, 1.807) is 6.08 Å². The van der Waals surface area contributed by atoms with Crippen molar-refractivity contribution in [3.05, 3.63) is 47.5 Å². The number of aliphatic hydroxyl groups is 1. The number of carbonyl (C=O) groups is 1. The fraction of sp³-hybridized carbons (Fsp3) is 0.357. The molecule has 20 heavy (non-hydrogen) atoms. The second-order valence-electron chi connectivity index (χ2n) is 4.72. The van der Waals surface area contributed by atoms with Gasteiger partial charge in [-0.2, -0.15) is 13.2 Å². The van der Waals surface area contributed by atoms with Gasteiger partial charge in [0.05, 0.1) is 5.56 Å². The highest BCUT2D eigenvalue weighted by Gasteiger charge is 2.30. The average Bonchev–Trinajstić information content (AvgIpc) is 2.85. The van der Waals surface area contributed by atoms with Gasteiger partial charge in [-0.05, 0) is 30.7 Å². The highest BCUT2D eigenvalue weighted by molar-refractivity contribution is 5.94. The van der Waals surface area contributed by atoms with Crippen LogP contribution in [0.4, 0.5) is 13.2 Å². The Morgan fingerprint density at radius 3 is 2.40 bits per heavy atom. The van der Waals surface area contributed by atoms with Gasteiger partial charge in [0.15, 0.2) is 0 Å². The molecule has 0 heterocycles. The first-order valence-electron chi connectivity index (χ1n) is 6.17. The van der Waals surface area contributed by atoms with E-state index in [9.17, 15) is 18.0 Å². The number of alkyl halides is 3. The van der Waals surface area contributed by atoms with Crippen molar-refractivity contribution in [3.63, 3.8) is 0 Å². The van der Waals surface area contributed by atoms with Crippen LogP contribution >= 0.6 is 0 Å². The maximum atomic E-state index is 12.4. The summed E-state index contributed by atoms with van der Waals surface area (Å²) in [6.07, 6.45) is -0.207. The molecule has 0 spiro atoms. The first-order valence-corrected chi connectivity index (χ1v) is 6.17. The molecule has 0 radical (unpaired) electrons. The summed E-state index contributed by atoms with van der Waals surface area (Å²) in [5.74, 6) is -0.403. The normalized spacial score (nSPS) is 22.0. The maximum Gasteiger partial charge on any atom is 0.416 e. The van der Waals surface area contributed by atoms with E-state index in [-0.39, 0.29) is 24.1 Å². The minimum absolute atomic E-state index is 0.0170. The second-order valence-corrected chi connectivity index (χ2v) is 4.72. The van der Waals surface area contributed by atoms with Crippen molar-refractivity contribution in [3.8, 4) is 0 Å². The molecule has 1 aromatic rings. The quantitative estimate of drug-likeness (QED) is 0.838. The number of aliphatic hydroxyl groups excluding tert-OH is 1. The SMILES string of the molecule is O=C(N[C@@H]1C=C[C@H](CO)C1)c1ccc(C(F)(F)F)cc1. The number of rotatable bonds is 3. The minimum atomic E-state index is -4.41. The summed E-state index contributed by atoms with van der Waals surface area (Å²) in [7, 11) is 0. The molecule has 0 saturated carbocycles. The molecule has 0 aliphatic heterocycles. The molecule has 2 N–H and O–H groups in total. The molecule has 0 aromatic heterocycles. The van der Waals surface area contributed by atoms with E-state index in [0.717, 1.165) is 24.3 Å². The lowest BCUT2D eigenvalue weighted by Crippen LogP contribution is -2.32. The van der Waals surface area contributed by atoms with Crippen LogP contribution in [0.1, 0.15) is 22.3 Å². The summed E-state index contributed by atoms with van der Waals surface area (Å²) in [5.41, 5.74) is -0.603. The van der Waals surface area contributed by atoms with Gasteiger partial charge in [0.25, 0.3) is 5.91 Å². The molecule has 1 aliphatic rings. The number of hydrogen-bond donors (Lipinski definition) is 2. The van der Waals surface area contributed by atoms with Crippen LogP contribution in [0.25, 0.3) is 0 Å². The second kappa shape index (κ2) is 5.66. The molecule has 6 heteroatoms. The third kappa shape index (κ3) is 3.39. The molecule has 108 valence electrons.